The molecule has 0 radical (unpaired) electrons. The van der Waals surface area contributed by atoms with Crippen LogP contribution in [0.1, 0.15) is 5.76 Å². The Hall–Kier alpha value is -1.22. The zero-order valence-corrected chi connectivity index (χ0v) is 11.7. The van der Waals surface area contributed by atoms with Gasteiger partial charge >= 0.3 is 0 Å². The molecular weight excluding hydrogens is 355 g/mol. The Bertz CT molecular complexity index is 550. The minimum Gasteiger partial charge on any atom is -0.451 e. The second-order valence-electron chi connectivity index (χ2n) is 3.32. The SMILES string of the molecule is CN1C(=O)/C(=C\c2ccc(I)o2)C(=O)NC1=S. The summed E-state index contributed by atoms with van der Waals surface area (Å²) in [4.78, 5) is 24.6. The van der Waals surface area contributed by atoms with Crippen molar-refractivity contribution in [2.75, 3.05) is 7.05 Å². The molecule has 0 unspecified atom stereocenters. The van der Waals surface area contributed by atoms with Gasteiger partial charge in [0.1, 0.15) is 11.3 Å². The molecular formula is C10H7IN2O3S. The van der Waals surface area contributed by atoms with E-state index >= 15 is 0 Å². The number of carbonyl (C=O) groups excluding carboxylic acids is 2. The number of likely N-dealkylation sites (N-methyl/N-ethyl adjacent to an activating group) is 1. The number of halogens is 1. The molecule has 88 valence electrons. The highest BCUT2D eigenvalue weighted by Crippen LogP contribution is 2.16. The monoisotopic (exact) mass is 362 g/mol. The van der Waals surface area contributed by atoms with E-state index in [1.165, 1.54) is 18.0 Å². The van der Waals surface area contributed by atoms with Crippen molar-refractivity contribution in [1.82, 2.24) is 10.2 Å². The molecule has 2 rings (SSSR count). The van der Waals surface area contributed by atoms with Gasteiger partial charge in [-0.25, -0.2) is 0 Å². The molecule has 0 aliphatic carbocycles. The smallest absolute Gasteiger partial charge is 0.265 e. The largest absolute Gasteiger partial charge is 0.451 e. The summed E-state index contributed by atoms with van der Waals surface area (Å²) in [5.74, 6) is -0.496. The maximum absolute atomic E-state index is 11.8. The highest BCUT2D eigenvalue weighted by Gasteiger charge is 2.30. The van der Waals surface area contributed by atoms with Crippen molar-refractivity contribution in [2.24, 2.45) is 0 Å². The van der Waals surface area contributed by atoms with Crippen LogP contribution in [0, 0.1) is 3.77 Å². The van der Waals surface area contributed by atoms with E-state index < -0.39 is 11.8 Å². The molecule has 1 aliphatic heterocycles. The van der Waals surface area contributed by atoms with E-state index in [1.807, 2.05) is 22.6 Å². The van der Waals surface area contributed by atoms with Gasteiger partial charge in [0.25, 0.3) is 11.8 Å². The van der Waals surface area contributed by atoms with Crippen LogP contribution in [0.25, 0.3) is 6.08 Å². The van der Waals surface area contributed by atoms with Crippen molar-refractivity contribution in [3.8, 4) is 0 Å². The fourth-order valence-corrected chi connectivity index (χ4v) is 1.90. The number of nitrogens with zero attached hydrogens (tertiary/aromatic N) is 1. The van der Waals surface area contributed by atoms with Gasteiger partial charge in [-0.05, 0) is 53.0 Å². The summed E-state index contributed by atoms with van der Waals surface area (Å²) in [6.07, 6.45) is 1.40. The summed E-state index contributed by atoms with van der Waals surface area (Å²) in [6, 6.07) is 3.43. The third-order valence-corrected chi connectivity index (χ3v) is 3.14. The number of carbonyl (C=O) groups is 2. The number of thiocarbonyl (C=S) groups is 1. The summed E-state index contributed by atoms with van der Waals surface area (Å²) in [5, 5.41) is 2.53. The molecule has 1 N–H and O–H groups in total. The molecule has 1 saturated heterocycles. The molecule has 1 fully saturated rings. The van der Waals surface area contributed by atoms with E-state index in [0.29, 0.717) is 9.53 Å². The Morgan fingerprint density at radius 1 is 1.47 bits per heavy atom. The van der Waals surface area contributed by atoms with Crippen LogP contribution in [-0.2, 0) is 9.59 Å². The predicted octanol–water partition coefficient (Wildman–Crippen LogP) is 1.14. The van der Waals surface area contributed by atoms with Crippen LogP contribution in [0.2, 0.25) is 0 Å². The first kappa shape index (κ1) is 12.2. The van der Waals surface area contributed by atoms with Crippen molar-refractivity contribution in [2.45, 2.75) is 0 Å². The normalized spacial score (nSPS) is 18.8. The molecule has 5 nitrogen and oxygen atoms in total. The fraction of sp³-hybridized carbons (Fsp3) is 0.100. The third-order valence-electron chi connectivity index (χ3n) is 2.19. The van der Waals surface area contributed by atoms with E-state index in [1.54, 1.807) is 12.1 Å². The van der Waals surface area contributed by atoms with Gasteiger partial charge < -0.3 is 4.42 Å². The number of hydrogen-bond acceptors (Lipinski definition) is 4. The van der Waals surface area contributed by atoms with E-state index in [9.17, 15) is 9.59 Å². The van der Waals surface area contributed by atoms with Crippen molar-refractivity contribution >= 4 is 57.8 Å². The van der Waals surface area contributed by atoms with Crippen molar-refractivity contribution in [3.63, 3.8) is 0 Å². The Morgan fingerprint density at radius 2 is 2.18 bits per heavy atom. The Kier molecular flexibility index (Phi) is 3.29. The maximum atomic E-state index is 11.8. The number of furan rings is 1. The van der Waals surface area contributed by atoms with Crippen LogP contribution < -0.4 is 5.32 Å². The first-order valence-corrected chi connectivity index (χ1v) is 6.08. The van der Waals surface area contributed by atoms with Gasteiger partial charge in [0, 0.05) is 7.05 Å². The molecule has 2 heterocycles. The number of rotatable bonds is 1. The van der Waals surface area contributed by atoms with Crippen LogP contribution in [0.15, 0.2) is 22.1 Å². The minimum atomic E-state index is -0.510. The summed E-state index contributed by atoms with van der Waals surface area (Å²) in [5.41, 5.74) is 0.00634. The van der Waals surface area contributed by atoms with Crippen molar-refractivity contribution < 1.29 is 14.0 Å². The van der Waals surface area contributed by atoms with E-state index in [2.05, 4.69) is 5.32 Å². The van der Waals surface area contributed by atoms with Gasteiger partial charge in [0.05, 0.1) is 0 Å². The standard InChI is InChI=1S/C10H7IN2O3S/c1-13-9(15)6(8(14)12-10(13)17)4-5-2-3-7(11)16-5/h2-4H,1H3,(H,12,14,17)/b6-4-. The number of hydrogen-bond donors (Lipinski definition) is 1. The summed E-state index contributed by atoms with van der Waals surface area (Å²) in [6.45, 7) is 0. The highest BCUT2D eigenvalue weighted by atomic mass is 127. The lowest BCUT2D eigenvalue weighted by atomic mass is 10.1. The Morgan fingerprint density at radius 3 is 2.76 bits per heavy atom. The number of amides is 2. The molecule has 0 bridgehead atoms. The molecule has 0 atom stereocenters. The third kappa shape index (κ3) is 2.39. The van der Waals surface area contributed by atoms with Crippen LogP contribution in [0.3, 0.4) is 0 Å². The summed E-state index contributed by atoms with van der Waals surface area (Å²) >= 11 is 6.83. The van der Waals surface area contributed by atoms with Gasteiger partial charge in [0.2, 0.25) is 0 Å². The second kappa shape index (κ2) is 4.57. The first-order chi connectivity index (χ1) is 7.99. The molecule has 0 saturated carbocycles. The lowest BCUT2D eigenvalue weighted by Gasteiger charge is -2.24. The lowest BCUT2D eigenvalue weighted by Crippen LogP contribution is -2.52. The quantitative estimate of drug-likeness (QED) is 0.352. The second-order valence-corrected chi connectivity index (χ2v) is 4.77. The average molecular weight is 362 g/mol. The first-order valence-electron chi connectivity index (χ1n) is 4.59. The topological polar surface area (TPSA) is 62.6 Å². The van der Waals surface area contributed by atoms with Crippen LogP contribution >= 0.6 is 34.8 Å². The maximum Gasteiger partial charge on any atom is 0.265 e. The van der Waals surface area contributed by atoms with Gasteiger partial charge in [-0.3, -0.25) is 19.8 Å². The van der Waals surface area contributed by atoms with Crippen LogP contribution in [-0.4, -0.2) is 28.9 Å². The zero-order chi connectivity index (χ0) is 12.6. The summed E-state index contributed by atoms with van der Waals surface area (Å²) < 4.78 is 5.95. The minimum absolute atomic E-state index is 0.00634. The number of nitrogens with one attached hydrogen (secondary N) is 1. The molecule has 17 heavy (non-hydrogen) atoms. The van der Waals surface area contributed by atoms with Crippen LogP contribution in [0.4, 0.5) is 0 Å². The lowest BCUT2D eigenvalue weighted by molar-refractivity contribution is -0.128. The molecule has 2 amide bonds. The molecule has 1 aliphatic rings. The van der Waals surface area contributed by atoms with Crippen molar-refractivity contribution in [3.05, 3.63) is 27.2 Å². The molecule has 0 spiro atoms. The van der Waals surface area contributed by atoms with Crippen LogP contribution in [0.5, 0.6) is 0 Å². The fourth-order valence-electron chi connectivity index (χ4n) is 1.29. The highest BCUT2D eigenvalue weighted by molar-refractivity contribution is 14.1. The van der Waals surface area contributed by atoms with E-state index in [0.717, 1.165) is 0 Å². The van der Waals surface area contributed by atoms with Gasteiger partial charge in [-0.15, -0.1) is 0 Å². The average Bonchev–Trinajstić information content (AvgIpc) is 2.67. The van der Waals surface area contributed by atoms with Crippen molar-refractivity contribution in [1.29, 1.82) is 0 Å². The molecule has 7 heteroatoms. The Labute approximate surface area is 116 Å². The molecule has 1 aromatic rings. The molecule has 1 aromatic heterocycles. The van der Waals surface area contributed by atoms with E-state index in [4.69, 9.17) is 16.6 Å². The molecule has 0 aromatic carbocycles. The van der Waals surface area contributed by atoms with Gasteiger partial charge in [-0.1, -0.05) is 0 Å². The predicted molar refractivity (Wildman–Crippen MR) is 72.9 cm³/mol. The summed E-state index contributed by atoms with van der Waals surface area (Å²) in [7, 11) is 1.50. The van der Waals surface area contributed by atoms with Gasteiger partial charge in [0.15, 0.2) is 8.88 Å². The zero-order valence-electron chi connectivity index (χ0n) is 8.69. The van der Waals surface area contributed by atoms with E-state index in [-0.39, 0.29) is 10.7 Å². The van der Waals surface area contributed by atoms with Gasteiger partial charge in [-0.2, -0.15) is 0 Å². The Balaban J connectivity index is 2.37.